The Morgan fingerprint density at radius 3 is 2.57 bits per heavy atom. The molecule has 0 spiro atoms. The quantitative estimate of drug-likeness (QED) is 0.941. The highest BCUT2D eigenvalue weighted by Gasteiger charge is 2.27. The van der Waals surface area contributed by atoms with E-state index in [1.165, 1.54) is 0 Å². The van der Waals surface area contributed by atoms with Crippen molar-refractivity contribution >= 4 is 11.6 Å². The predicted molar refractivity (Wildman–Crippen MR) is 78.0 cm³/mol. The van der Waals surface area contributed by atoms with Crippen molar-refractivity contribution in [1.82, 2.24) is 0 Å². The highest BCUT2D eigenvalue weighted by Crippen LogP contribution is 2.31. The first kappa shape index (κ1) is 13.3. The van der Waals surface area contributed by atoms with Gasteiger partial charge in [-0.2, -0.15) is 0 Å². The lowest BCUT2D eigenvalue weighted by molar-refractivity contribution is -0.125. The van der Waals surface area contributed by atoms with Crippen molar-refractivity contribution in [3.05, 3.63) is 48.5 Å². The fraction of sp³-hybridized carbons (Fsp3) is 0.188. The van der Waals surface area contributed by atoms with Gasteiger partial charge in [0.25, 0.3) is 5.91 Å². The largest absolute Gasteiger partial charge is 0.497 e. The van der Waals surface area contributed by atoms with Gasteiger partial charge in [0.05, 0.1) is 7.11 Å². The highest BCUT2D eigenvalue weighted by atomic mass is 16.6. The molecule has 2 aromatic carbocycles. The molecule has 0 unspecified atom stereocenters. The average molecular weight is 285 g/mol. The Morgan fingerprint density at radius 1 is 1.14 bits per heavy atom. The summed E-state index contributed by atoms with van der Waals surface area (Å²) in [6, 6.07) is 14.4. The van der Waals surface area contributed by atoms with Crippen molar-refractivity contribution < 1.29 is 19.0 Å². The van der Waals surface area contributed by atoms with Crippen LogP contribution in [0.1, 0.15) is 0 Å². The minimum atomic E-state index is -0.665. The lowest BCUT2D eigenvalue weighted by atomic mass is 10.2. The molecule has 0 bridgehead atoms. The average Bonchev–Trinajstić information content (AvgIpc) is 2.55. The number of carbonyl (C=O) groups excluding carboxylic acids is 1. The lowest BCUT2D eigenvalue weighted by Crippen LogP contribution is -2.40. The Balaban J connectivity index is 1.66. The number of fused-ring (bicyclic) bond motifs is 1. The van der Waals surface area contributed by atoms with E-state index in [1.807, 2.05) is 18.2 Å². The van der Waals surface area contributed by atoms with Crippen LogP contribution in [0.15, 0.2) is 48.5 Å². The summed E-state index contributed by atoms with van der Waals surface area (Å²) in [5.74, 6) is 1.73. The smallest absolute Gasteiger partial charge is 0.269 e. The van der Waals surface area contributed by atoms with E-state index in [-0.39, 0.29) is 12.5 Å². The number of methoxy groups -OCH3 is 1. The normalized spacial score (nSPS) is 16.1. The number of nitrogens with one attached hydrogen (secondary N) is 1. The molecule has 1 amide bonds. The Morgan fingerprint density at radius 2 is 1.86 bits per heavy atom. The zero-order valence-electron chi connectivity index (χ0n) is 11.5. The number of carbonyl (C=O) groups is 1. The van der Waals surface area contributed by atoms with E-state index in [9.17, 15) is 4.79 Å². The summed E-state index contributed by atoms with van der Waals surface area (Å²) in [4.78, 5) is 12.2. The van der Waals surface area contributed by atoms with E-state index in [0.717, 1.165) is 5.75 Å². The predicted octanol–water partition coefficient (Wildman–Crippen LogP) is 2.47. The first-order valence-electron chi connectivity index (χ1n) is 6.59. The van der Waals surface area contributed by atoms with E-state index in [4.69, 9.17) is 14.2 Å². The van der Waals surface area contributed by atoms with Gasteiger partial charge < -0.3 is 19.5 Å². The van der Waals surface area contributed by atoms with Gasteiger partial charge >= 0.3 is 0 Å². The highest BCUT2D eigenvalue weighted by molar-refractivity contribution is 5.94. The monoisotopic (exact) mass is 285 g/mol. The summed E-state index contributed by atoms with van der Waals surface area (Å²) >= 11 is 0. The van der Waals surface area contributed by atoms with Gasteiger partial charge in [0, 0.05) is 5.69 Å². The Kier molecular flexibility index (Phi) is 3.64. The second kappa shape index (κ2) is 5.75. The molecule has 1 atom stereocenters. The number of hydrogen-bond donors (Lipinski definition) is 1. The van der Waals surface area contributed by atoms with E-state index in [2.05, 4.69) is 5.32 Å². The summed E-state index contributed by atoms with van der Waals surface area (Å²) in [7, 11) is 1.60. The van der Waals surface area contributed by atoms with Gasteiger partial charge in [0.2, 0.25) is 6.10 Å². The van der Waals surface area contributed by atoms with E-state index < -0.39 is 6.10 Å². The second-order valence-corrected chi connectivity index (χ2v) is 4.58. The molecule has 108 valence electrons. The van der Waals surface area contributed by atoms with E-state index >= 15 is 0 Å². The number of amides is 1. The molecule has 1 heterocycles. The summed E-state index contributed by atoms with van der Waals surface area (Å²) < 4.78 is 16.2. The van der Waals surface area contributed by atoms with Gasteiger partial charge in [0.15, 0.2) is 11.5 Å². The third-order valence-electron chi connectivity index (χ3n) is 3.16. The standard InChI is InChI=1S/C16H15NO4/c1-19-12-8-6-11(7-9-12)17-16(18)15-10-20-13-4-2-3-5-14(13)21-15/h2-9,15H,10H2,1H3,(H,17,18)/t15-/m1/s1. The molecule has 5 nitrogen and oxygen atoms in total. The van der Waals surface area contributed by atoms with Gasteiger partial charge in [-0.25, -0.2) is 0 Å². The fourth-order valence-electron chi connectivity index (χ4n) is 2.05. The number of benzene rings is 2. The molecule has 2 aromatic rings. The molecule has 5 heteroatoms. The Labute approximate surface area is 122 Å². The Bertz CT molecular complexity index is 639. The maximum atomic E-state index is 12.2. The molecule has 0 radical (unpaired) electrons. The SMILES string of the molecule is COc1ccc(NC(=O)[C@H]2COc3ccccc3O2)cc1. The third-order valence-corrected chi connectivity index (χ3v) is 3.16. The minimum absolute atomic E-state index is 0.193. The van der Waals surface area contributed by atoms with Crippen molar-refractivity contribution in [2.24, 2.45) is 0 Å². The third kappa shape index (κ3) is 2.91. The lowest BCUT2D eigenvalue weighted by Gasteiger charge is -2.25. The van der Waals surface area contributed by atoms with Gasteiger partial charge in [-0.3, -0.25) is 4.79 Å². The molecule has 0 saturated heterocycles. The molecule has 21 heavy (non-hydrogen) atoms. The maximum Gasteiger partial charge on any atom is 0.269 e. The number of anilines is 1. The molecule has 0 saturated carbocycles. The van der Waals surface area contributed by atoms with Crippen LogP contribution in [-0.2, 0) is 4.79 Å². The molecule has 1 aliphatic rings. The van der Waals surface area contributed by atoms with Gasteiger partial charge in [-0.1, -0.05) is 12.1 Å². The number of para-hydroxylation sites is 2. The molecule has 0 aliphatic carbocycles. The van der Waals surface area contributed by atoms with Crippen LogP contribution in [0.2, 0.25) is 0 Å². The van der Waals surface area contributed by atoms with Crippen LogP contribution in [-0.4, -0.2) is 25.7 Å². The second-order valence-electron chi connectivity index (χ2n) is 4.58. The van der Waals surface area contributed by atoms with E-state index in [0.29, 0.717) is 17.2 Å². The van der Waals surface area contributed by atoms with Gasteiger partial charge in [-0.05, 0) is 36.4 Å². The van der Waals surface area contributed by atoms with Crippen molar-refractivity contribution in [3.8, 4) is 17.2 Å². The van der Waals surface area contributed by atoms with Crippen molar-refractivity contribution in [3.63, 3.8) is 0 Å². The number of ether oxygens (including phenoxy) is 3. The molecular weight excluding hydrogens is 270 g/mol. The van der Waals surface area contributed by atoms with Gasteiger partial charge in [0.1, 0.15) is 12.4 Å². The summed E-state index contributed by atoms with van der Waals surface area (Å²) in [6.07, 6.45) is -0.665. The molecule has 1 N–H and O–H groups in total. The van der Waals surface area contributed by atoms with Crippen LogP contribution in [0.25, 0.3) is 0 Å². The van der Waals surface area contributed by atoms with Crippen LogP contribution in [0.5, 0.6) is 17.2 Å². The van der Waals surface area contributed by atoms with Crippen LogP contribution < -0.4 is 19.5 Å². The topological polar surface area (TPSA) is 56.8 Å². The summed E-state index contributed by atoms with van der Waals surface area (Å²) in [5.41, 5.74) is 0.684. The van der Waals surface area contributed by atoms with Crippen LogP contribution >= 0.6 is 0 Å². The number of rotatable bonds is 3. The van der Waals surface area contributed by atoms with Crippen LogP contribution in [0.4, 0.5) is 5.69 Å². The fourth-order valence-corrected chi connectivity index (χ4v) is 2.05. The van der Waals surface area contributed by atoms with Crippen LogP contribution in [0, 0.1) is 0 Å². The molecule has 0 aromatic heterocycles. The molecule has 3 rings (SSSR count). The van der Waals surface area contributed by atoms with Crippen molar-refractivity contribution in [2.75, 3.05) is 19.0 Å². The zero-order valence-corrected chi connectivity index (χ0v) is 11.5. The van der Waals surface area contributed by atoms with Crippen molar-refractivity contribution in [2.45, 2.75) is 6.10 Å². The zero-order chi connectivity index (χ0) is 14.7. The van der Waals surface area contributed by atoms with E-state index in [1.54, 1.807) is 37.4 Å². The van der Waals surface area contributed by atoms with Crippen molar-refractivity contribution in [1.29, 1.82) is 0 Å². The maximum absolute atomic E-state index is 12.2. The summed E-state index contributed by atoms with van der Waals surface area (Å²) in [6.45, 7) is 0.193. The number of hydrogen-bond acceptors (Lipinski definition) is 4. The van der Waals surface area contributed by atoms with Crippen LogP contribution in [0.3, 0.4) is 0 Å². The Hall–Kier alpha value is -2.69. The minimum Gasteiger partial charge on any atom is -0.497 e. The molecule has 0 fully saturated rings. The first-order valence-corrected chi connectivity index (χ1v) is 6.59. The molecule has 1 aliphatic heterocycles. The molecular formula is C16H15NO4. The summed E-state index contributed by atoms with van der Waals surface area (Å²) in [5, 5.41) is 2.79. The first-order chi connectivity index (χ1) is 10.3. The van der Waals surface area contributed by atoms with Gasteiger partial charge in [-0.15, -0.1) is 0 Å².